The summed E-state index contributed by atoms with van der Waals surface area (Å²) >= 11 is 1.67. The molecule has 0 atom stereocenters. The van der Waals surface area contributed by atoms with Crippen LogP contribution >= 0.6 is 11.8 Å². The lowest BCUT2D eigenvalue weighted by Gasteiger charge is -2.36. The number of aromatic nitrogens is 2. The van der Waals surface area contributed by atoms with Crippen molar-refractivity contribution in [1.82, 2.24) is 20.2 Å². The lowest BCUT2D eigenvalue weighted by Crippen LogP contribution is -2.47. The zero-order valence-corrected chi connectivity index (χ0v) is 20.6. The molecule has 1 amide bonds. The number of aromatic amines is 1. The Hall–Kier alpha value is -3.29. The summed E-state index contributed by atoms with van der Waals surface area (Å²) in [6, 6.07) is 26.5. The fraction of sp³-hybridized carbons (Fsp3) is 0.286. The van der Waals surface area contributed by atoms with Gasteiger partial charge in [-0.1, -0.05) is 54.2 Å². The van der Waals surface area contributed by atoms with Gasteiger partial charge in [0.1, 0.15) is 0 Å². The predicted molar refractivity (Wildman–Crippen MR) is 144 cm³/mol. The summed E-state index contributed by atoms with van der Waals surface area (Å²) in [5, 5.41) is 3.98. The monoisotopic (exact) mass is 485 g/mol. The number of nitrogens with zero attached hydrogens (tertiary/aromatic N) is 3. The molecular weight excluding hydrogens is 454 g/mol. The van der Waals surface area contributed by atoms with E-state index in [0.717, 1.165) is 61.1 Å². The van der Waals surface area contributed by atoms with E-state index in [2.05, 4.69) is 55.4 Å². The number of nitrogens with one attached hydrogen (secondary N) is 2. The largest absolute Gasteiger partial charge is 0.369 e. The minimum Gasteiger partial charge on any atom is -0.369 e. The summed E-state index contributed by atoms with van der Waals surface area (Å²) in [5.74, 6) is 0.801. The number of H-pyrrole nitrogens is 1. The van der Waals surface area contributed by atoms with Crippen molar-refractivity contribution in [2.75, 3.05) is 44.2 Å². The third-order valence-corrected chi connectivity index (χ3v) is 7.33. The molecule has 0 radical (unpaired) electrons. The minimum absolute atomic E-state index is 0.00427. The molecule has 2 heterocycles. The van der Waals surface area contributed by atoms with E-state index in [4.69, 9.17) is 0 Å². The van der Waals surface area contributed by atoms with E-state index in [1.54, 1.807) is 11.8 Å². The van der Waals surface area contributed by atoms with Crippen molar-refractivity contribution in [2.45, 2.75) is 17.3 Å². The van der Waals surface area contributed by atoms with Gasteiger partial charge in [0.2, 0.25) is 0 Å². The first-order chi connectivity index (χ1) is 17.2. The normalized spacial score (nSPS) is 14.3. The maximum atomic E-state index is 12.5. The first kappa shape index (κ1) is 23.5. The lowest BCUT2D eigenvalue weighted by molar-refractivity contribution is 0.0951. The molecule has 1 fully saturated rings. The van der Waals surface area contributed by atoms with E-state index < -0.39 is 0 Å². The highest BCUT2D eigenvalue weighted by atomic mass is 32.2. The Morgan fingerprint density at radius 1 is 0.914 bits per heavy atom. The number of fused-ring (bicyclic) bond motifs is 1. The summed E-state index contributed by atoms with van der Waals surface area (Å²) in [6.45, 7) is 5.95. The van der Waals surface area contributed by atoms with Crippen LogP contribution in [0.1, 0.15) is 22.3 Å². The first-order valence-corrected chi connectivity index (χ1v) is 13.2. The van der Waals surface area contributed by atoms with Crippen LogP contribution in [0.15, 0.2) is 84.0 Å². The number of para-hydroxylation sites is 3. The molecule has 2 N–H and O–H groups in total. The van der Waals surface area contributed by atoms with Gasteiger partial charge in [0.25, 0.3) is 5.91 Å². The number of imidazole rings is 1. The van der Waals surface area contributed by atoms with E-state index in [0.29, 0.717) is 12.1 Å². The number of carbonyl (C=O) groups excluding carboxylic acids is 1. The van der Waals surface area contributed by atoms with E-state index >= 15 is 0 Å². The van der Waals surface area contributed by atoms with Crippen LogP contribution in [0.2, 0.25) is 0 Å². The SMILES string of the molecule is O=C(NCCCN1CCN(c2ccccc2)CC1)c1ccc(CSc2nc3ccccc3[nH]2)cc1. The standard InChI is InChI=1S/C28H31N5OS/c34-27(29-15-6-16-32-17-19-33(20-18-32)24-7-2-1-3-8-24)23-13-11-22(12-14-23)21-35-28-30-25-9-4-5-10-26(25)31-28/h1-5,7-14H,6,15-21H2,(H,29,34)(H,30,31). The van der Waals surface area contributed by atoms with Crippen molar-refractivity contribution in [3.63, 3.8) is 0 Å². The van der Waals surface area contributed by atoms with Crippen molar-refractivity contribution in [1.29, 1.82) is 0 Å². The molecule has 0 spiro atoms. The van der Waals surface area contributed by atoms with Crippen molar-refractivity contribution >= 4 is 34.4 Å². The molecule has 0 bridgehead atoms. The van der Waals surface area contributed by atoms with Crippen LogP contribution in [0.3, 0.4) is 0 Å². The highest BCUT2D eigenvalue weighted by Crippen LogP contribution is 2.23. The van der Waals surface area contributed by atoms with Gasteiger partial charge in [0, 0.05) is 49.7 Å². The maximum absolute atomic E-state index is 12.5. The summed E-state index contributed by atoms with van der Waals surface area (Å²) in [6.07, 6.45) is 0.962. The van der Waals surface area contributed by atoms with Crippen LogP contribution in [0.4, 0.5) is 5.69 Å². The molecule has 0 saturated carbocycles. The van der Waals surface area contributed by atoms with E-state index in [9.17, 15) is 4.79 Å². The second-order valence-electron chi connectivity index (χ2n) is 8.82. The summed E-state index contributed by atoms with van der Waals surface area (Å²) in [7, 11) is 0. The Morgan fingerprint density at radius 3 is 2.43 bits per heavy atom. The molecule has 4 aromatic rings. The molecule has 6 nitrogen and oxygen atoms in total. The lowest BCUT2D eigenvalue weighted by atomic mass is 10.1. The number of anilines is 1. The number of benzene rings is 3. The Bertz CT molecular complexity index is 1200. The average molecular weight is 486 g/mol. The van der Waals surface area contributed by atoms with Crippen molar-refractivity contribution in [2.24, 2.45) is 0 Å². The fourth-order valence-electron chi connectivity index (χ4n) is 4.38. The molecule has 1 aliphatic rings. The number of amides is 1. The van der Waals surface area contributed by atoms with Crippen LogP contribution in [0.5, 0.6) is 0 Å². The second-order valence-corrected chi connectivity index (χ2v) is 9.78. The highest BCUT2D eigenvalue weighted by molar-refractivity contribution is 7.98. The number of thioether (sulfide) groups is 1. The molecule has 35 heavy (non-hydrogen) atoms. The van der Waals surface area contributed by atoms with Gasteiger partial charge in [-0.25, -0.2) is 4.98 Å². The number of piperazine rings is 1. The number of carbonyl (C=O) groups is 1. The van der Waals surface area contributed by atoms with Gasteiger partial charge in [-0.05, 0) is 54.9 Å². The average Bonchev–Trinajstić information content (AvgIpc) is 3.34. The van der Waals surface area contributed by atoms with Crippen LogP contribution < -0.4 is 10.2 Å². The minimum atomic E-state index is -0.00427. The molecule has 0 unspecified atom stereocenters. The molecule has 0 aliphatic carbocycles. The third kappa shape index (κ3) is 6.24. The van der Waals surface area contributed by atoms with Crippen molar-refractivity contribution in [3.8, 4) is 0 Å². The first-order valence-electron chi connectivity index (χ1n) is 12.2. The fourth-order valence-corrected chi connectivity index (χ4v) is 5.22. The van der Waals surface area contributed by atoms with Crippen LogP contribution in [-0.2, 0) is 5.75 Å². The Morgan fingerprint density at radius 2 is 1.66 bits per heavy atom. The smallest absolute Gasteiger partial charge is 0.251 e. The summed E-state index contributed by atoms with van der Waals surface area (Å²) in [4.78, 5) is 25.4. The van der Waals surface area contributed by atoms with Gasteiger partial charge < -0.3 is 15.2 Å². The third-order valence-electron chi connectivity index (χ3n) is 6.39. The zero-order chi connectivity index (χ0) is 23.9. The van der Waals surface area contributed by atoms with Gasteiger partial charge in [-0.2, -0.15) is 0 Å². The van der Waals surface area contributed by atoms with E-state index in [-0.39, 0.29) is 5.91 Å². The van der Waals surface area contributed by atoms with E-state index in [1.165, 1.54) is 11.3 Å². The molecule has 1 aromatic heterocycles. The maximum Gasteiger partial charge on any atom is 0.251 e. The summed E-state index contributed by atoms with van der Waals surface area (Å²) in [5.41, 5.74) is 5.21. The topological polar surface area (TPSA) is 64.3 Å². The van der Waals surface area contributed by atoms with Crippen LogP contribution in [0, 0.1) is 0 Å². The Labute approximate surface area is 210 Å². The molecule has 3 aromatic carbocycles. The molecule has 7 heteroatoms. The number of rotatable bonds is 9. The predicted octanol–water partition coefficient (Wildman–Crippen LogP) is 4.80. The number of hydrogen-bond acceptors (Lipinski definition) is 5. The van der Waals surface area contributed by atoms with E-state index in [1.807, 2.05) is 48.5 Å². The number of hydrogen-bond donors (Lipinski definition) is 2. The molecular formula is C28H31N5OS. The van der Waals surface area contributed by atoms with Gasteiger partial charge in [0.05, 0.1) is 11.0 Å². The molecule has 1 aliphatic heterocycles. The molecule has 1 saturated heterocycles. The van der Waals surface area contributed by atoms with Crippen LogP contribution in [0.25, 0.3) is 11.0 Å². The van der Waals surface area contributed by atoms with Gasteiger partial charge in [0.15, 0.2) is 5.16 Å². The molecule has 180 valence electrons. The Balaban J connectivity index is 1.00. The Kier molecular flexibility index (Phi) is 7.66. The highest BCUT2D eigenvalue weighted by Gasteiger charge is 2.16. The van der Waals surface area contributed by atoms with Crippen LogP contribution in [-0.4, -0.2) is 60.0 Å². The second kappa shape index (κ2) is 11.4. The zero-order valence-electron chi connectivity index (χ0n) is 19.8. The van der Waals surface area contributed by atoms with Gasteiger partial charge >= 0.3 is 0 Å². The van der Waals surface area contributed by atoms with Crippen molar-refractivity contribution < 1.29 is 4.79 Å². The summed E-state index contributed by atoms with van der Waals surface area (Å²) < 4.78 is 0. The van der Waals surface area contributed by atoms with Gasteiger partial charge in [-0.15, -0.1) is 0 Å². The van der Waals surface area contributed by atoms with Crippen molar-refractivity contribution in [3.05, 3.63) is 90.0 Å². The quantitative estimate of drug-likeness (QED) is 0.263. The molecule has 5 rings (SSSR count). The van der Waals surface area contributed by atoms with Gasteiger partial charge in [-0.3, -0.25) is 9.69 Å².